The number of hydrogen-bond acceptors (Lipinski definition) is 4. The second kappa shape index (κ2) is 17.9. The van der Waals surface area contributed by atoms with Crippen LogP contribution in [0.2, 0.25) is 0 Å². The van der Waals surface area contributed by atoms with Crippen molar-refractivity contribution in [3.63, 3.8) is 0 Å². The van der Waals surface area contributed by atoms with Gasteiger partial charge < -0.3 is 10.2 Å². The molecule has 0 amide bonds. The largest absolute Gasteiger partial charge is 0.379 e. The summed E-state index contributed by atoms with van der Waals surface area (Å²) in [5.41, 5.74) is 1.94. The van der Waals surface area contributed by atoms with Gasteiger partial charge in [0.15, 0.2) is 0 Å². The van der Waals surface area contributed by atoms with E-state index < -0.39 is 0 Å². The van der Waals surface area contributed by atoms with Crippen LogP contribution in [-0.2, 0) is 0 Å². The molecule has 0 heterocycles. The first kappa shape index (κ1) is 27.3. The van der Waals surface area contributed by atoms with Gasteiger partial charge in [0, 0.05) is 31.4 Å². The third-order valence-electron chi connectivity index (χ3n) is 5.95. The number of rotatable bonds is 20. The molecule has 1 aromatic rings. The highest BCUT2D eigenvalue weighted by Gasteiger charge is 2.16. The van der Waals surface area contributed by atoms with E-state index in [0.717, 1.165) is 57.4 Å². The molecule has 0 saturated heterocycles. The summed E-state index contributed by atoms with van der Waals surface area (Å²) in [6.45, 7) is 9.47. The molecule has 5 nitrogen and oxygen atoms in total. The zero-order chi connectivity index (χ0) is 22.7. The van der Waals surface area contributed by atoms with Crippen molar-refractivity contribution in [1.29, 1.82) is 0 Å². The molecule has 0 saturated carbocycles. The molecule has 178 valence electrons. The lowest BCUT2D eigenvalue weighted by Gasteiger charge is -2.25. The minimum absolute atomic E-state index is 0.182. The number of nitro groups is 1. The van der Waals surface area contributed by atoms with E-state index in [9.17, 15) is 10.1 Å². The van der Waals surface area contributed by atoms with Crippen LogP contribution in [0.1, 0.15) is 111 Å². The zero-order valence-corrected chi connectivity index (χ0v) is 20.5. The van der Waals surface area contributed by atoms with Gasteiger partial charge in [0.2, 0.25) is 0 Å². The molecule has 0 radical (unpaired) electrons. The third-order valence-corrected chi connectivity index (χ3v) is 5.95. The molecule has 0 aliphatic rings. The highest BCUT2D eigenvalue weighted by Crippen LogP contribution is 2.30. The van der Waals surface area contributed by atoms with Crippen molar-refractivity contribution < 1.29 is 4.92 Å². The van der Waals surface area contributed by atoms with Gasteiger partial charge in [-0.05, 0) is 31.4 Å². The maximum Gasteiger partial charge on any atom is 0.292 e. The Morgan fingerprint density at radius 1 is 0.774 bits per heavy atom. The van der Waals surface area contributed by atoms with Gasteiger partial charge in [-0.25, -0.2) is 0 Å². The standard InChI is InChI=1S/C26H47N3O2/c1-4-7-10-11-12-13-14-15-16-17-20-27-25-23-24(18-19-26(25)29(30)31)28(21-8-5-2)22-9-6-3/h18-19,23,27H,4-17,20-22H2,1-3H3. The maximum absolute atomic E-state index is 11.5. The van der Waals surface area contributed by atoms with Gasteiger partial charge in [-0.1, -0.05) is 91.4 Å². The molecule has 0 atom stereocenters. The molecule has 0 aliphatic carbocycles. The summed E-state index contributed by atoms with van der Waals surface area (Å²) in [4.78, 5) is 13.6. The van der Waals surface area contributed by atoms with Crippen LogP contribution in [0, 0.1) is 10.1 Å². The van der Waals surface area contributed by atoms with E-state index in [4.69, 9.17) is 0 Å². The topological polar surface area (TPSA) is 58.4 Å². The number of nitrogens with one attached hydrogen (secondary N) is 1. The molecule has 31 heavy (non-hydrogen) atoms. The summed E-state index contributed by atoms with van der Waals surface area (Å²) in [5.74, 6) is 0. The lowest BCUT2D eigenvalue weighted by atomic mass is 10.1. The molecule has 0 spiro atoms. The Kier molecular flexibility index (Phi) is 15.7. The summed E-state index contributed by atoms with van der Waals surface area (Å²) in [5, 5.41) is 14.9. The first-order chi connectivity index (χ1) is 15.1. The molecule has 0 unspecified atom stereocenters. The van der Waals surface area contributed by atoms with E-state index >= 15 is 0 Å². The molecule has 0 bridgehead atoms. The second-order valence-corrected chi connectivity index (χ2v) is 8.76. The van der Waals surface area contributed by atoms with Gasteiger partial charge in [0.05, 0.1) is 4.92 Å². The molecule has 1 N–H and O–H groups in total. The van der Waals surface area contributed by atoms with Crippen molar-refractivity contribution in [2.75, 3.05) is 29.9 Å². The molecular formula is C26H47N3O2. The van der Waals surface area contributed by atoms with Crippen molar-refractivity contribution in [1.82, 2.24) is 0 Å². The van der Waals surface area contributed by atoms with Crippen LogP contribution in [-0.4, -0.2) is 24.6 Å². The van der Waals surface area contributed by atoms with Crippen LogP contribution in [0.3, 0.4) is 0 Å². The highest BCUT2D eigenvalue weighted by atomic mass is 16.6. The number of hydrogen-bond donors (Lipinski definition) is 1. The Bertz CT molecular complexity index is 584. The van der Waals surface area contributed by atoms with Gasteiger partial charge >= 0.3 is 0 Å². The van der Waals surface area contributed by atoms with Crippen LogP contribution in [0.15, 0.2) is 18.2 Å². The van der Waals surface area contributed by atoms with Crippen molar-refractivity contribution in [3.8, 4) is 0 Å². The van der Waals surface area contributed by atoms with Crippen molar-refractivity contribution in [2.45, 2.75) is 111 Å². The first-order valence-electron chi connectivity index (χ1n) is 12.9. The second-order valence-electron chi connectivity index (χ2n) is 8.76. The van der Waals surface area contributed by atoms with Crippen molar-refractivity contribution in [3.05, 3.63) is 28.3 Å². The minimum atomic E-state index is -0.271. The van der Waals surface area contributed by atoms with Crippen LogP contribution in [0.5, 0.6) is 0 Å². The van der Waals surface area contributed by atoms with E-state index in [0.29, 0.717) is 5.69 Å². The predicted octanol–water partition coefficient (Wildman–Crippen LogP) is 8.33. The summed E-state index contributed by atoms with van der Waals surface area (Å²) in [6, 6.07) is 5.57. The van der Waals surface area contributed by atoms with Gasteiger partial charge in [0.1, 0.15) is 5.69 Å². The highest BCUT2D eigenvalue weighted by molar-refractivity contribution is 5.69. The Morgan fingerprint density at radius 3 is 1.81 bits per heavy atom. The quantitative estimate of drug-likeness (QED) is 0.127. The van der Waals surface area contributed by atoms with Gasteiger partial charge in [0.25, 0.3) is 5.69 Å². The Hall–Kier alpha value is -1.78. The van der Waals surface area contributed by atoms with Crippen LogP contribution >= 0.6 is 0 Å². The average molecular weight is 434 g/mol. The molecule has 0 fully saturated rings. The van der Waals surface area contributed by atoms with Gasteiger partial charge in [-0.2, -0.15) is 0 Å². The number of benzene rings is 1. The van der Waals surface area contributed by atoms with E-state index in [-0.39, 0.29) is 10.6 Å². The van der Waals surface area contributed by atoms with E-state index in [1.165, 1.54) is 57.8 Å². The summed E-state index contributed by atoms with van der Waals surface area (Å²) < 4.78 is 0. The maximum atomic E-state index is 11.5. The first-order valence-corrected chi connectivity index (χ1v) is 12.9. The van der Waals surface area contributed by atoms with Crippen molar-refractivity contribution >= 4 is 17.1 Å². The lowest BCUT2D eigenvalue weighted by Crippen LogP contribution is -2.25. The third kappa shape index (κ3) is 12.0. The predicted molar refractivity (Wildman–Crippen MR) is 135 cm³/mol. The van der Waals surface area contributed by atoms with Crippen LogP contribution in [0.4, 0.5) is 17.1 Å². The molecular weight excluding hydrogens is 386 g/mol. The van der Waals surface area contributed by atoms with Gasteiger partial charge in [-0.3, -0.25) is 10.1 Å². The smallest absolute Gasteiger partial charge is 0.292 e. The molecule has 0 aliphatic heterocycles. The fourth-order valence-electron chi connectivity index (χ4n) is 3.92. The summed E-state index contributed by atoms with van der Waals surface area (Å²) >= 11 is 0. The van der Waals surface area contributed by atoms with Crippen LogP contribution < -0.4 is 10.2 Å². The van der Waals surface area contributed by atoms with E-state index in [2.05, 4.69) is 31.0 Å². The summed E-state index contributed by atoms with van der Waals surface area (Å²) in [6.07, 6.45) is 17.6. The summed E-state index contributed by atoms with van der Waals surface area (Å²) in [7, 11) is 0. The van der Waals surface area contributed by atoms with Crippen LogP contribution in [0.25, 0.3) is 0 Å². The Labute approximate surface area is 191 Å². The normalized spacial score (nSPS) is 10.9. The lowest BCUT2D eigenvalue weighted by molar-refractivity contribution is -0.383. The molecule has 0 aromatic heterocycles. The fourth-order valence-corrected chi connectivity index (χ4v) is 3.92. The SMILES string of the molecule is CCCCCCCCCCCCNc1cc(N(CCCC)CCCC)ccc1[N+](=O)[O-]. The number of anilines is 2. The fraction of sp³-hybridized carbons (Fsp3) is 0.769. The van der Waals surface area contributed by atoms with E-state index in [1.54, 1.807) is 6.07 Å². The molecule has 1 aromatic carbocycles. The zero-order valence-electron chi connectivity index (χ0n) is 20.5. The number of unbranched alkanes of at least 4 members (excludes halogenated alkanes) is 11. The van der Waals surface area contributed by atoms with Crippen molar-refractivity contribution in [2.24, 2.45) is 0 Å². The molecule has 5 heteroatoms. The number of nitrogens with zero attached hydrogens (tertiary/aromatic N) is 2. The van der Waals surface area contributed by atoms with E-state index in [1.807, 2.05) is 12.1 Å². The number of nitro benzene ring substituents is 1. The average Bonchev–Trinajstić information content (AvgIpc) is 2.77. The Balaban J connectivity index is 2.49. The van der Waals surface area contributed by atoms with Gasteiger partial charge in [-0.15, -0.1) is 0 Å². The minimum Gasteiger partial charge on any atom is -0.379 e. The molecule has 1 rings (SSSR count). The monoisotopic (exact) mass is 433 g/mol. The Morgan fingerprint density at radius 2 is 1.29 bits per heavy atom.